The number of nitrogens with zero attached hydrogens (tertiary/aromatic N) is 5. The Balaban J connectivity index is 1.54. The molecular weight excluding hydrogens is 394 g/mol. The van der Waals surface area contributed by atoms with Crippen molar-refractivity contribution >= 4 is 6.09 Å². The number of hydrogen-bond donors (Lipinski definition) is 1. The SMILES string of the molecule is Cc1noc(-c2cnc(Cc3ccc4c(c3)CCN(C(=O)O)CC4CC(C)C)cn2)n1. The van der Waals surface area contributed by atoms with Crippen molar-refractivity contribution in [2.45, 2.75) is 46.0 Å². The highest BCUT2D eigenvalue weighted by Crippen LogP contribution is 2.32. The quantitative estimate of drug-likeness (QED) is 0.661. The van der Waals surface area contributed by atoms with Crippen molar-refractivity contribution in [3.05, 3.63) is 58.8 Å². The largest absolute Gasteiger partial charge is 0.465 e. The number of fused-ring (bicyclic) bond motifs is 1. The first-order chi connectivity index (χ1) is 14.9. The predicted octanol–water partition coefficient (Wildman–Crippen LogP) is 4.09. The van der Waals surface area contributed by atoms with Crippen molar-refractivity contribution in [3.63, 3.8) is 0 Å². The fourth-order valence-electron chi connectivity index (χ4n) is 4.21. The molecule has 2 aromatic heterocycles. The van der Waals surface area contributed by atoms with Gasteiger partial charge in [0.1, 0.15) is 5.69 Å². The molecule has 1 aliphatic heterocycles. The second-order valence-electron chi connectivity index (χ2n) is 8.55. The van der Waals surface area contributed by atoms with Crippen LogP contribution in [0.1, 0.15) is 54.4 Å². The lowest BCUT2D eigenvalue weighted by Crippen LogP contribution is -2.33. The van der Waals surface area contributed by atoms with E-state index in [-0.39, 0.29) is 5.92 Å². The fourth-order valence-corrected chi connectivity index (χ4v) is 4.21. The number of carbonyl (C=O) groups is 1. The monoisotopic (exact) mass is 421 g/mol. The van der Waals surface area contributed by atoms with Gasteiger partial charge in [0.05, 0.1) is 11.9 Å². The van der Waals surface area contributed by atoms with E-state index in [4.69, 9.17) is 4.52 Å². The van der Waals surface area contributed by atoms with Crippen LogP contribution in [0.2, 0.25) is 0 Å². The Morgan fingerprint density at radius 2 is 2.13 bits per heavy atom. The lowest BCUT2D eigenvalue weighted by Gasteiger charge is -2.24. The Morgan fingerprint density at radius 1 is 1.29 bits per heavy atom. The first kappa shape index (κ1) is 21.0. The molecule has 3 heterocycles. The summed E-state index contributed by atoms with van der Waals surface area (Å²) in [5, 5.41) is 13.3. The van der Waals surface area contributed by atoms with Crippen molar-refractivity contribution in [1.82, 2.24) is 25.0 Å². The predicted molar refractivity (Wildman–Crippen MR) is 115 cm³/mol. The minimum Gasteiger partial charge on any atom is -0.465 e. The van der Waals surface area contributed by atoms with Crippen LogP contribution in [0.5, 0.6) is 0 Å². The third-order valence-electron chi connectivity index (χ3n) is 5.60. The molecule has 1 N–H and O–H groups in total. The van der Waals surface area contributed by atoms with Gasteiger partial charge in [0, 0.05) is 31.6 Å². The van der Waals surface area contributed by atoms with Crippen LogP contribution in [0, 0.1) is 12.8 Å². The lowest BCUT2D eigenvalue weighted by molar-refractivity contribution is 0.142. The van der Waals surface area contributed by atoms with Gasteiger partial charge in [0.2, 0.25) is 0 Å². The molecular formula is C23H27N5O3. The van der Waals surface area contributed by atoms with E-state index >= 15 is 0 Å². The van der Waals surface area contributed by atoms with Crippen LogP contribution < -0.4 is 0 Å². The van der Waals surface area contributed by atoms with Crippen molar-refractivity contribution in [1.29, 1.82) is 0 Å². The molecule has 1 unspecified atom stereocenters. The van der Waals surface area contributed by atoms with Gasteiger partial charge in [-0.2, -0.15) is 4.98 Å². The smallest absolute Gasteiger partial charge is 0.407 e. The molecule has 1 aromatic carbocycles. The molecule has 8 nitrogen and oxygen atoms in total. The average molecular weight is 422 g/mol. The van der Waals surface area contributed by atoms with E-state index in [2.05, 4.69) is 52.2 Å². The van der Waals surface area contributed by atoms with Crippen LogP contribution in [0.15, 0.2) is 35.1 Å². The summed E-state index contributed by atoms with van der Waals surface area (Å²) in [5.41, 5.74) is 5.05. The van der Waals surface area contributed by atoms with E-state index in [1.165, 1.54) is 11.1 Å². The van der Waals surface area contributed by atoms with Gasteiger partial charge in [0.15, 0.2) is 5.82 Å². The number of amides is 1. The van der Waals surface area contributed by atoms with Gasteiger partial charge in [0.25, 0.3) is 5.89 Å². The minimum absolute atomic E-state index is 0.222. The summed E-state index contributed by atoms with van der Waals surface area (Å²) < 4.78 is 5.14. The molecule has 3 aromatic rings. The van der Waals surface area contributed by atoms with Gasteiger partial charge in [-0.25, -0.2) is 9.78 Å². The Kier molecular flexibility index (Phi) is 5.97. The van der Waals surface area contributed by atoms with E-state index in [1.54, 1.807) is 24.2 Å². The molecule has 1 aliphatic rings. The molecule has 0 saturated heterocycles. The molecule has 0 radical (unpaired) electrons. The summed E-state index contributed by atoms with van der Waals surface area (Å²) in [7, 11) is 0. The van der Waals surface area contributed by atoms with Gasteiger partial charge < -0.3 is 14.5 Å². The zero-order valence-corrected chi connectivity index (χ0v) is 18.1. The number of rotatable bonds is 5. The zero-order valence-electron chi connectivity index (χ0n) is 18.1. The van der Waals surface area contributed by atoms with Gasteiger partial charge in [-0.05, 0) is 42.4 Å². The number of benzene rings is 1. The molecule has 8 heteroatoms. The van der Waals surface area contributed by atoms with Gasteiger partial charge in [-0.15, -0.1) is 0 Å². The third kappa shape index (κ3) is 4.90. The summed E-state index contributed by atoms with van der Waals surface area (Å²) in [6.45, 7) is 7.21. The molecule has 0 aliphatic carbocycles. The minimum atomic E-state index is -0.839. The zero-order chi connectivity index (χ0) is 22.0. The van der Waals surface area contributed by atoms with Crippen LogP contribution >= 0.6 is 0 Å². The van der Waals surface area contributed by atoms with Crippen molar-refractivity contribution in [3.8, 4) is 11.6 Å². The number of carboxylic acid groups (broad SMARTS) is 1. The summed E-state index contributed by atoms with van der Waals surface area (Å²) >= 11 is 0. The highest BCUT2D eigenvalue weighted by atomic mass is 16.5. The van der Waals surface area contributed by atoms with Crippen molar-refractivity contribution < 1.29 is 14.4 Å². The standard InChI is InChI=1S/C23H27N5O3/c1-14(2)8-18-13-28(23(29)30)7-6-17-9-16(4-5-20(17)18)10-19-11-25-21(12-24-19)22-26-15(3)27-31-22/h4-5,9,11-12,14,18H,6-8,10,13H2,1-3H3,(H,29,30). The molecule has 4 rings (SSSR count). The maximum atomic E-state index is 11.6. The molecule has 162 valence electrons. The van der Waals surface area contributed by atoms with Gasteiger partial charge >= 0.3 is 6.09 Å². The van der Waals surface area contributed by atoms with E-state index in [0.717, 1.165) is 24.1 Å². The lowest BCUT2D eigenvalue weighted by atomic mass is 9.86. The Labute approximate surface area is 181 Å². The summed E-state index contributed by atoms with van der Waals surface area (Å²) in [6.07, 6.45) is 4.89. The average Bonchev–Trinajstić information content (AvgIpc) is 3.08. The van der Waals surface area contributed by atoms with Gasteiger partial charge in [-0.3, -0.25) is 4.98 Å². The first-order valence-electron chi connectivity index (χ1n) is 10.6. The van der Waals surface area contributed by atoms with Crippen molar-refractivity contribution in [2.75, 3.05) is 13.1 Å². The molecule has 0 fully saturated rings. The normalized spacial score (nSPS) is 16.3. The highest BCUT2D eigenvalue weighted by Gasteiger charge is 2.26. The van der Waals surface area contributed by atoms with E-state index in [1.807, 2.05) is 0 Å². The topological polar surface area (TPSA) is 105 Å². The van der Waals surface area contributed by atoms with Crippen LogP contribution in [-0.2, 0) is 12.8 Å². The second kappa shape index (κ2) is 8.83. The molecule has 1 atom stereocenters. The Bertz CT molecular complexity index is 1060. The Morgan fingerprint density at radius 3 is 2.77 bits per heavy atom. The van der Waals surface area contributed by atoms with E-state index in [9.17, 15) is 9.90 Å². The van der Waals surface area contributed by atoms with E-state index in [0.29, 0.717) is 42.8 Å². The van der Waals surface area contributed by atoms with Crippen molar-refractivity contribution in [2.24, 2.45) is 5.92 Å². The summed E-state index contributed by atoms with van der Waals surface area (Å²) in [4.78, 5) is 26.3. The van der Waals surface area contributed by atoms with E-state index < -0.39 is 6.09 Å². The Hall–Kier alpha value is -3.29. The summed E-state index contributed by atoms with van der Waals surface area (Å²) in [6, 6.07) is 6.50. The molecule has 0 saturated carbocycles. The fraction of sp³-hybridized carbons (Fsp3) is 0.435. The molecule has 0 spiro atoms. The number of aromatic nitrogens is 4. The van der Waals surface area contributed by atoms with Gasteiger partial charge in [-0.1, -0.05) is 37.2 Å². The van der Waals surface area contributed by atoms with Crippen LogP contribution in [-0.4, -0.2) is 49.3 Å². The van der Waals surface area contributed by atoms with Crippen LogP contribution in [0.25, 0.3) is 11.6 Å². The first-order valence-corrected chi connectivity index (χ1v) is 10.6. The maximum absolute atomic E-state index is 11.6. The van der Waals surface area contributed by atoms with Crippen LogP contribution in [0.4, 0.5) is 4.79 Å². The summed E-state index contributed by atoms with van der Waals surface area (Å²) in [5.74, 6) is 1.64. The highest BCUT2D eigenvalue weighted by molar-refractivity contribution is 5.65. The number of hydrogen-bond acceptors (Lipinski definition) is 6. The molecule has 31 heavy (non-hydrogen) atoms. The molecule has 1 amide bonds. The molecule has 0 bridgehead atoms. The second-order valence-corrected chi connectivity index (χ2v) is 8.55. The van der Waals surface area contributed by atoms with Crippen LogP contribution in [0.3, 0.4) is 0 Å². The third-order valence-corrected chi connectivity index (χ3v) is 5.60. The number of aryl methyl sites for hydroxylation is 1. The maximum Gasteiger partial charge on any atom is 0.407 e.